The van der Waals surface area contributed by atoms with Gasteiger partial charge < -0.3 is 16.0 Å². The van der Waals surface area contributed by atoms with E-state index in [9.17, 15) is 0 Å². The van der Waals surface area contributed by atoms with Gasteiger partial charge >= 0.3 is 0 Å². The van der Waals surface area contributed by atoms with E-state index in [2.05, 4.69) is 53.8 Å². The van der Waals surface area contributed by atoms with Gasteiger partial charge in [-0.2, -0.15) is 4.98 Å². The smallest absolute Gasteiger partial charge is 0.225 e. The molecule has 2 aromatic rings. The summed E-state index contributed by atoms with van der Waals surface area (Å²) in [6.45, 7) is 9.61. The topological polar surface area (TPSA) is 61.9 Å². The molecule has 1 fully saturated rings. The molecule has 1 aliphatic rings. The van der Waals surface area contributed by atoms with Crippen LogP contribution in [0.15, 0.2) is 36.4 Å². The minimum Gasteiger partial charge on any atom is -0.370 e. The Kier molecular flexibility index (Phi) is 6.09. The Morgan fingerprint density at radius 1 is 1.08 bits per heavy atom. The number of piperidine rings is 1. The van der Waals surface area contributed by atoms with Gasteiger partial charge in [-0.1, -0.05) is 30.3 Å². The lowest BCUT2D eigenvalue weighted by molar-refractivity contribution is 0.361. The van der Waals surface area contributed by atoms with Crippen molar-refractivity contribution in [3.63, 3.8) is 0 Å². The van der Waals surface area contributed by atoms with Crippen LogP contribution in [-0.4, -0.2) is 35.1 Å². The van der Waals surface area contributed by atoms with Crippen LogP contribution in [0, 0.1) is 5.92 Å². The molecule has 3 N–H and O–H groups in total. The first-order chi connectivity index (χ1) is 12.5. The molecular formula is C21H31N5. The summed E-state index contributed by atoms with van der Waals surface area (Å²) in [5, 5.41) is 10.3. The first kappa shape index (κ1) is 18.6. The van der Waals surface area contributed by atoms with E-state index in [0.29, 0.717) is 5.95 Å². The van der Waals surface area contributed by atoms with Crippen LogP contribution in [0.25, 0.3) is 11.3 Å². The Balaban J connectivity index is 1.73. The van der Waals surface area contributed by atoms with Crippen molar-refractivity contribution in [2.75, 3.05) is 30.3 Å². The summed E-state index contributed by atoms with van der Waals surface area (Å²) in [7, 11) is 0. The van der Waals surface area contributed by atoms with Gasteiger partial charge in [0.05, 0.1) is 5.69 Å². The molecule has 0 aliphatic carbocycles. The third-order valence-corrected chi connectivity index (χ3v) is 4.60. The van der Waals surface area contributed by atoms with E-state index in [-0.39, 0.29) is 5.54 Å². The largest absolute Gasteiger partial charge is 0.370 e. The maximum atomic E-state index is 4.72. The van der Waals surface area contributed by atoms with Gasteiger partial charge in [-0.05, 0) is 59.0 Å². The van der Waals surface area contributed by atoms with Crippen molar-refractivity contribution in [3.05, 3.63) is 36.4 Å². The van der Waals surface area contributed by atoms with E-state index in [1.807, 2.05) is 24.3 Å². The first-order valence-electron chi connectivity index (χ1n) is 9.67. The Hall–Kier alpha value is -2.14. The molecule has 5 heteroatoms. The standard InChI is InChI=1S/C21H31N5/c1-21(2,3)26-20-24-18(17-7-5-4-6-8-17)15-19(25-20)23-14-11-16-9-12-22-13-10-16/h4-8,15-16,22H,9-14H2,1-3H3,(H2,23,24,25,26). The highest BCUT2D eigenvalue weighted by Crippen LogP contribution is 2.23. The van der Waals surface area contributed by atoms with Crippen molar-refractivity contribution in [1.29, 1.82) is 0 Å². The number of anilines is 2. The van der Waals surface area contributed by atoms with Gasteiger partial charge in [0, 0.05) is 23.7 Å². The lowest BCUT2D eigenvalue weighted by Crippen LogP contribution is -2.29. The van der Waals surface area contributed by atoms with E-state index >= 15 is 0 Å². The SMILES string of the molecule is CC(C)(C)Nc1nc(NCCC2CCNCC2)cc(-c2ccccc2)n1. The van der Waals surface area contributed by atoms with E-state index in [1.54, 1.807) is 0 Å². The third-order valence-electron chi connectivity index (χ3n) is 4.60. The fraction of sp³-hybridized carbons (Fsp3) is 0.524. The summed E-state index contributed by atoms with van der Waals surface area (Å²) in [6.07, 6.45) is 3.74. The highest BCUT2D eigenvalue weighted by Gasteiger charge is 2.15. The highest BCUT2D eigenvalue weighted by molar-refractivity contribution is 5.64. The van der Waals surface area contributed by atoms with Crippen LogP contribution in [0.1, 0.15) is 40.0 Å². The van der Waals surface area contributed by atoms with Gasteiger partial charge in [-0.15, -0.1) is 0 Å². The number of aromatic nitrogens is 2. The highest BCUT2D eigenvalue weighted by atomic mass is 15.2. The Bertz CT molecular complexity index is 687. The van der Waals surface area contributed by atoms with Gasteiger partial charge in [-0.3, -0.25) is 0 Å². The molecule has 0 unspecified atom stereocenters. The molecule has 5 nitrogen and oxygen atoms in total. The average Bonchev–Trinajstić information content (AvgIpc) is 2.62. The normalized spacial score (nSPS) is 15.7. The monoisotopic (exact) mass is 353 g/mol. The van der Waals surface area contributed by atoms with Crippen molar-refractivity contribution < 1.29 is 0 Å². The average molecular weight is 354 g/mol. The molecule has 26 heavy (non-hydrogen) atoms. The summed E-state index contributed by atoms with van der Waals surface area (Å²) in [5.41, 5.74) is 1.96. The predicted molar refractivity (Wildman–Crippen MR) is 110 cm³/mol. The molecule has 1 aromatic carbocycles. The van der Waals surface area contributed by atoms with E-state index in [0.717, 1.165) is 42.6 Å². The third kappa shape index (κ3) is 5.70. The van der Waals surface area contributed by atoms with Crippen LogP contribution in [0.3, 0.4) is 0 Å². The van der Waals surface area contributed by atoms with Gasteiger partial charge in [0.15, 0.2) is 0 Å². The zero-order chi connectivity index (χ0) is 18.4. The molecule has 0 atom stereocenters. The summed E-state index contributed by atoms with van der Waals surface area (Å²) in [6, 6.07) is 12.3. The zero-order valence-corrected chi connectivity index (χ0v) is 16.2. The fourth-order valence-corrected chi connectivity index (χ4v) is 3.26. The molecule has 2 heterocycles. The van der Waals surface area contributed by atoms with Gasteiger partial charge in [0.1, 0.15) is 5.82 Å². The molecule has 140 valence electrons. The van der Waals surface area contributed by atoms with E-state index < -0.39 is 0 Å². The van der Waals surface area contributed by atoms with Gasteiger partial charge in [-0.25, -0.2) is 4.98 Å². The molecule has 1 saturated heterocycles. The van der Waals surface area contributed by atoms with Crippen molar-refractivity contribution in [1.82, 2.24) is 15.3 Å². The Morgan fingerprint density at radius 3 is 2.50 bits per heavy atom. The molecule has 0 saturated carbocycles. The van der Waals surface area contributed by atoms with Crippen LogP contribution < -0.4 is 16.0 Å². The molecule has 0 spiro atoms. The van der Waals surface area contributed by atoms with Crippen LogP contribution in [-0.2, 0) is 0 Å². The lowest BCUT2D eigenvalue weighted by Gasteiger charge is -2.23. The second-order valence-electron chi connectivity index (χ2n) is 8.11. The molecule has 0 amide bonds. The maximum Gasteiger partial charge on any atom is 0.225 e. The summed E-state index contributed by atoms with van der Waals surface area (Å²) in [5.74, 6) is 2.37. The molecule has 0 radical (unpaired) electrons. The number of hydrogen-bond acceptors (Lipinski definition) is 5. The number of hydrogen-bond donors (Lipinski definition) is 3. The molecule has 1 aliphatic heterocycles. The first-order valence-corrected chi connectivity index (χ1v) is 9.67. The predicted octanol–water partition coefficient (Wildman–Crippen LogP) is 4.16. The number of nitrogens with zero attached hydrogens (tertiary/aromatic N) is 2. The summed E-state index contributed by atoms with van der Waals surface area (Å²) in [4.78, 5) is 9.40. The minimum atomic E-state index is -0.0817. The minimum absolute atomic E-state index is 0.0817. The fourth-order valence-electron chi connectivity index (χ4n) is 3.26. The summed E-state index contributed by atoms with van der Waals surface area (Å²) < 4.78 is 0. The zero-order valence-electron chi connectivity index (χ0n) is 16.2. The van der Waals surface area contributed by atoms with Crippen LogP contribution in [0.5, 0.6) is 0 Å². The van der Waals surface area contributed by atoms with E-state index in [4.69, 9.17) is 4.98 Å². The molecule has 3 rings (SSSR count). The Morgan fingerprint density at radius 2 is 1.81 bits per heavy atom. The van der Waals surface area contributed by atoms with Crippen molar-refractivity contribution in [2.45, 2.75) is 45.6 Å². The van der Waals surface area contributed by atoms with Crippen LogP contribution in [0.4, 0.5) is 11.8 Å². The van der Waals surface area contributed by atoms with Gasteiger partial charge in [0.2, 0.25) is 5.95 Å². The molecule has 1 aromatic heterocycles. The maximum absolute atomic E-state index is 4.72. The Labute approximate surface area is 157 Å². The van der Waals surface area contributed by atoms with Crippen molar-refractivity contribution in [2.24, 2.45) is 5.92 Å². The van der Waals surface area contributed by atoms with Crippen molar-refractivity contribution >= 4 is 11.8 Å². The summed E-state index contributed by atoms with van der Waals surface area (Å²) >= 11 is 0. The van der Waals surface area contributed by atoms with Crippen LogP contribution in [0.2, 0.25) is 0 Å². The number of nitrogens with one attached hydrogen (secondary N) is 3. The van der Waals surface area contributed by atoms with Gasteiger partial charge in [0.25, 0.3) is 0 Å². The lowest BCUT2D eigenvalue weighted by atomic mass is 9.95. The van der Waals surface area contributed by atoms with E-state index in [1.165, 1.54) is 19.3 Å². The molecule has 0 bridgehead atoms. The quantitative estimate of drug-likeness (QED) is 0.728. The number of benzene rings is 1. The second kappa shape index (κ2) is 8.49. The molecular weight excluding hydrogens is 322 g/mol. The number of rotatable bonds is 6. The van der Waals surface area contributed by atoms with Crippen molar-refractivity contribution in [3.8, 4) is 11.3 Å². The van der Waals surface area contributed by atoms with Crippen LogP contribution >= 0.6 is 0 Å². The second-order valence-corrected chi connectivity index (χ2v) is 8.11.